The van der Waals surface area contributed by atoms with Gasteiger partial charge in [0.25, 0.3) is 0 Å². The van der Waals surface area contributed by atoms with Crippen LogP contribution < -0.4 is 5.69 Å². The van der Waals surface area contributed by atoms with Crippen LogP contribution in [0.3, 0.4) is 0 Å². The van der Waals surface area contributed by atoms with Crippen molar-refractivity contribution in [3.63, 3.8) is 0 Å². The number of rotatable bonds is 3. The maximum atomic E-state index is 13.1. The van der Waals surface area contributed by atoms with Crippen LogP contribution in [-0.4, -0.2) is 19.4 Å². The molecule has 0 aliphatic heterocycles. The normalized spacial score (nSPS) is 11.2. The van der Waals surface area contributed by atoms with Gasteiger partial charge in [-0.05, 0) is 59.7 Å². The lowest BCUT2D eigenvalue weighted by atomic mass is 9.97. The minimum absolute atomic E-state index is 0.379. The largest absolute Gasteiger partial charge is 0.371 e. The number of hydrogen-bond donors (Lipinski definition) is 0. The number of fused-ring (bicyclic) bond motifs is 1. The highest BCUT2D eigenvalue weighted by atomic mass is 35.5. The van der Waals surface area contributed by atoms with Gasteiger partial charge in [0.2, 0.25) is 0 Å². The highest BCUT2D eigenvalue weighted by molar-refractivity contribution is 6.31. The van der Waals surface area contributed by atoms with E-state index in [1.54, 1.807) is 42.6 Å². The molecule has 3 aromatic carbocycles. The molecule has 5 aromatic rings. The van der Waals surface area contributed by atoms with Crippen LogP contribution in [0.1, 0.15) is 0 Å². The first-order chi connectivity index (χ1) is 15.0. The molecule has 0 bridgehead atoms. The summed E-state index contributed by atoms with van der Waals surface area (Å²) in [4.78, 5) is 13.1. The second kappa shape index (κ2) is 7.85. The molecule has 0 spiro atoms. The molecule has 0 fully saturated rings. The van der Waals surface area contributed by atoms with Crippen LogP contribution in [0, 0.1) is 0 Å². The Kier molecular flexibility index (Phi) is 5.02. The molecule has 0 unspecified atom stereocenters. The first-order valence-electron chi connectivity index (χ1n) is 9.30. The van der Waals surface area contributed by atoms with E-state index in [1.807, 2.05) is 36.4 Å². The molecule has 2 heterocycles. The molecule has 5 rings (SSSR count). The summed E-state index contributed by atoms with van der Waals surface area (Å²) in [5, 5.41) is 10.8. The van der Waals surface area contributed by atoms with Gasteiger partial charge in [-0.3, -0.25) is 0 Å². The van der Waals surface area contributed by atoms with Crippen LogP contribution in [0.15, 0.2) is 83.8 Å². The molecule has 0 saturated carbocycles. The molecule has 0 N–H and O–H groups in total. The maximum absolute atomic E-state index is 13.1. The predicted octanol–water partition coefficient (Wildman–Crippen LogP) is 6.17. The van der Waals surface area contributed by atoms with Crippen molar-refractivity contribution in [2.45, 2.75) is 0 Å². The van der Waals surface area contributed by atoms with Gasteiger partial charge in [-0.15, -0.1) is 5.10 Å². The van der Waals surface area contributed by atoms with Gasteiger partial charge < -0.3 is 0 Å². The first-order valence-corrected chi connectivity index (χ1v) is 10.4. The van der Waals surface area contributed by atoms with E-state index in [-0.39, 0.29) is 5.69 Å². The summed E-state index contributed by atoms with van der Waals surface area (Å²) in [7, 11) is 0. The molecule has 0 amide bonds. The number of halogens is 3. The summed E-state index contributed by atoms with van der Waals surface area (Å²) >= 11 is 18.2. The van der Waals surface area contributed by atoms with Gasteiger partial charge >= 0.3 is 5.69 Å². The lowest BCUT2D eigenvalue weighted by Crippen LogP contribution is -2.20. The average Bonchev–Trinajstić information content (AvgIpc) is 3.11. The number of nitrogens with zero attached hydrogens (tertiary/aromatic N) is 4. The number of hydrogen-bond acceptors (Lipinski definition) is 3. The number of benzene rings is 3. The monoisotopic (exact) mass is 466 g/mol. The molecule has 5 nitrogen and oxygen atoms in total. The minimum Gasteiger partial charge on any atom is -0.243 e. The predicted molar refractivity (Wildman–Crippen MR) is 124 cm³/mol. The third kappa shape index (κ3) is 3.61. The lowest BCUT2D eigenvalue weighted by molar-refractivity contribution is 0.803. The third-order valence-electron chi connectivity index (χ3n) is 4.91. The Morgan fingerprint density at radius 2 is 1.19 bits per heavy atom. The summed E-state index contributed by atoms with van der Waals surface area (Å²) in [5.74, 6) is 0. The van der Waals surface area contributed by atoms with E-state index in [1.165, 1.54) is 9.20 Å². The van der Waals surface area contributed by atoms with Crippen molar-refractivity contribution in [3.05, 3.63) is 105 Å². The molecular formula is C23H13Cl3N4O. The Bertz CT molecular complexity index is 1460. The zero-order chi connectivity index (χ0) is 21.5. The average molecular weight is 468 g/mol. The van der Waals surface area contributed by atoms with E-state index in [0.717, 1.165) is 22.3 Å². The van der Waals surface area contributed by atoms with Crippen LogP contribution in [0.25, 0.3) is 33.6 Å². The molecule has 2 aromatic heterocycles. The van der Waals surface area contributed by atoms with Gasteiger partial charge in [-0.25, -0.2) is 4.79 Å². The molecule has 0 atom stereocenters. The van der Waals surface area contributed by atoms with Crippen LogP contribution >= 0.6 is 34.8 Å². The van der Waals surface area contributed by atoms with Crippen LogP contribution in [0.4, 0.5) is 0 Å². The molecule has 8 heteroatoms. The summed E-state index contributed by atoms with van der Waals surface area (Å²) < 4.78 is 2.60. The quantitative estimate of drug-likeness (QED) is 0.319. The smallest absolute Gasteiger partial charge is 0.243 e. The molecular weight excluding hydrogens is 455 g/mol. The van der Waals surface area contributed by atoms with Gasteiger partial charge in [-0.1, -0.05) is 59.1 Å². The van der Waals surface area contributed by atoms with Crippen LogP contribution in [0.2, 0.25) is 15.1 Å². The van der Waals surface area contributed by atoms with Crippen molar-refractivity contribution >= 4 is 40.4 Å². The summed E-state index contributed by atoms with van der Waals surface area (Å²) in [6, 6.07) is 21.7. The van der Waals surface area contributed by atoms with Crippen molar-refractivity contribution in [2.24, 2.45) is 0 Å². The van der Waals surface area contributed by atoms with Gasteiger partial charge in [0.1, 0.15) is 0 Å². The van der Waals surface area contributed by atoms with Crippen LogP contribution in [-0.2, 0) is 0 Å². The second-order valence-electron chi connectivity index (χ2n) is 6.85. The maximum Gasteiger partial charge on any atom is 0.371 e. The zero-order valence-electron chi connectivity index (χ0n) is 15.8. The number of aromatic nitrogens is 4. The van der Waals surface area contributed by atoms with Crippen molar-refractivity contribution < 1.29 is 0 Å². The Hall–Kier alpha value is -3.12. The molecule has 0 aliphatic carbocycles. The van der Waals surface area contributed by atoms with E-state index in [2.05, 4.69) is 10.2 Å². The van der Waals surface area contributed by atoms with Gasteiger partial charge in [-0.2, -0.15) is 14.3 Å². The van der Waals surface area contributed by atoms with E-state index in [4.69, 9.17) is 34.8 Å². The van der Waals surface area contributed by atoms with Gasteiger partial charge in [0.05, 0.1) is 11.9 Å². The summed E-state index contributed by atoms with van der Waals surface area (Å²) in [6.45, 7) is 0. The Morgan fingerprint density at radius 3 is 1.77 bits per heavy atom. The molecule has 152 valence electrons. The van der Waals surface area contributed by atoms with Crippen molar-refractivity contribution in [1.29, 1.82) is 0 Å². The fourth-order valence-corrected chi connectivity index (χ4v) is 3.80. The third-order valence-corrected chi connectivity index (χ3v) is 5.67. The van der Waals surface area contributed by atoms with Crippen molar-refractivity contribution in [3.8, 4) is 27.9 Å². The first kappa shape index (κ1) is 19.8. The van der Waals surface area contributed by atoms with Crippen molar-refractivity contribution in [1.82, 2.24) is 19.4 Å². The topological polar surface area (TPSA) is 52.2 Å². The fraction of sp³-hybridized carbons (Fsp3) is 0. The highest BCUT2D eigenvalue weighted by Gasteiger charge is 2.19. The van der Waals surface area contributed by atoms with E-state index >= 15 is 0 Å². The Morgan fingerprint density at radius 1 is 0.677 bits per heavy atom. The van der Waals surface area contributed by atoms with E-state index in [0.29, 0.717) is 26.4 Å². The zero-order valence-corrected chi connectivity index (χ0v) is 18.1. The lowest BCUT2D eigenvalue weighted by Gasteiger charge is -2.11. The summed E-state index contributed by atoms with van der Waals surface area (Å²) in [6.07, 6.45) is 1.66. The van der Waals surface area contributed by atoms with Gasteiger partial charge in [0, 0.05) is 26.2 Å². The van der Waals surface area contributed by atoms with Crippen LogP contribution in [0.5, 0.6) is 0 Å². The molecule has 0 aliphatic rings. The van der Waals surface area contributed by atoms with E-state index in [9.17, 15) is 4.79 Å². The molecule has 0 radical (unpaired) electrons. The summed E-state index contributed by atoms with van der Waals surface area (Å²) in [5.41, 5.74) is 3.98. The fourth-order valence-electron chi connectivity index (χ4n) is 3.42. The minimum atomic E-state index is -0.379. The molecule has 31 heavy (non-hydrogen) atoms. The highest BCUT2D eigenvalue weighted by Crippen LogP contribution is 2.35. The Labute approximate surface area is 192 Å². The standard InChI is InChI=1S/C23H13Cl3N4O/c24-16-5-1-14(2-6-16)20-13-27-30-22(21(20)15-3-7-17(25)8-4-15)28-29(23(30)31)19-11-9-18(26)10-12-19/h1-13H. The van der Waals surface area contributed by atoms with E-state index < -0.39 is 0 Å². The SMILES string of the molecule is O=c1n(-c2ccc(Cl)cc2)nc2c(-c3ccc(Cl)cc3)c(-c3ccc(Cl)cc3)cnn12. The van der Waals surface area contributed by atoms with Crippen molar-refractivity contribution in [2.75, 3.05) is 0 Å². The second-order valence-corrected chi connectivity index (χ2v) is 8.16. The van der Waals surface area contributed by atoms with Gasteiger partial charge in [0.15, 0.2) is 5.65 Å². The molecule has 0 saturated heterocycles. The Balaban J connectivity index is 1.82.